The van der Waals surface area contributed by atoms with E-state index in [1.165, 1.54) is 30.3 Å². The van der Waals surface area contributed by atoms with Gasteiger partial charge in [-0.2, -0.15) is 13.2 Å². The summed E-state index contributed by atoms with van der Waals surface area (Å²) >= 11 is 11.6. The second-order valence-corrected chi connectivity index (χ2v) is 4.77. The molecule has 2 rings (SSSR count). The fourth-order valence-corrected chi connectivity index (χ4v) is 1.96. The molecule has 0 amide bonds. The first-order valence-electron chi connectivity index (χ1n) is 5.63. The number of hydrogen-bond donors (Lipinski definition) is 0. The number of benzene rings is 2. The van der Waals surface area contributed by atoms with Crippen molar-refractivity contribution >= 4 is 29.2 Å². The smallest absolute Gasteiger partial charge is 0.417 e. The van der Waals surface area contributed by atoms with Gasteiger partial charge in [0.15, 0.2) is 5.75 Å². The number of rotatable bonds is 2. The van der Waals surface area contributed by atoms with Gasteiger partial charge in [-0.25, -0.2) is 4.79 Å². The van der Waals surface area contributed by atoms with Gasteiger partial charge in [0, 0.05) is 0 Å². The third-order valence-corrected chi connectivity index (χ3v) is 3.37. The minimum atomic E-state index is -4.66. The van der Waals surface area contributed by atoms with Crippen LogP contribution in [0.25, 0.3) is 0 Å². The van der Waals surface area contributed by atoms with Gasteiger partial charge in [0.05, 0.1) is 16.1 Å². The van der Waals surface area contributed by atoms with E-state index in [2.05, 4.69) is 0 Å². The Morgan fingerprint density at radius 1 is 1.00 bits per heavy atom. The summed E-state index contributed by atoms with van der Waals surface area (Å²) < 4.78 is 43.4. The molecule has 0 unspecified atom stereocenters. The first kappa shape index (κ1) is 15.7. The van der Waals surface area contributed by atoms with E-state index in [-0.39, 0.29) is 15.8 Å². The molecule has 2 aromatic rings. The highest BCUT2D eigenvalue weighted by atomic mass is 35.5. The summed E-state index contributed by atoms with van der Waals surface area (Å²) in [5.74, 6) is -1.27. The summed E-state index contributed by atoms with van der Waals surface area (Å²) in [6.45, 7) is 0. The molecule has 0 spiro atoms. The number of carbonyl (C=O) groups excluding carboxylic acids is 1. The fraction of sp³-hybridized carbons (Fsp3) is 0.0714. The molecule has 0 radical (unpaired) electrons. The van der Waals surface area contributed by atoms with Crippen LogP contribution < -0.4 is 4.74 Å². The summed E-state index contributed by atoms with van der Waals surface area (Å²) in [5.41, 5.74) is -1.67. The molecule has 0 aliphatic rings. The predicted octanol–water partition coefficient (Wildman–Crippen LogP) is 5.23. The van der Waals surface area contributed by atoms with E-state index in [0.29, 0.717) is 0 Å². The van der Waals surface area contributed by atoms with Crippen LogP contribution >= 0.6 is 23.2 Å². The largest absolute Gasteiger partial charge is 0.421 e. The Hall–Kier alpha value is -1.72. The van der Waals surface area contributed by atoms with Gasteiger partial charge in [-0.15, -0.1) is 0 Å². The molecule has 0 saturated heterocycles. The van der Waals surface area contributed by atoms with Crippen molar-refractivity contribution in [3.05, 3.63) is 63.6 Å². The minimum Gasteiger partial charge on any atom is -0.421 e. The van der Waals surface area contributed by atoms with Crippen LogP contribution in [0.15, 0.2) is 42.5 Å². The van der Waals surface area contributed by atoms with Crippen molar-refractivity contribution in [2.45, 2.75) is 6.18 Å². The number of halogens is 5. The number of alkyl halides is 3. The Morgan fingerprint density at radius 3 is 2.33 bits per heavy atom. The van der Waals surface area contributed by atoms with E-state index in [1.807, 2.05) is 0 Å². The average molecular weight is 335 g/mol. The lowest BCUT2D eigenvalue weighted by atomic mass is 10.1. The summed E-state index contributed by atoms with van der Waals surface area (Å²) in [6.07, 6.45) is -4.66. The van der Waals surface area contributed by atoms with E-state index < -0.39 is 23.3 Å². The molecule has 2 nitrogen and oxygen atoms in total. The molecule has 0 atom stereocenters. The topological polar surface area (TPSA) is 26.3 Å². The lowest BCUT2D eigenvalue weighted by Gasteiger charge is -2.12. The molecule has 0 aromatic heterocycles. The van der Waals surface area contributed by atoms with Crippen LogP contribution in [0.1, 0.15) is 15.9 Å². The third-order valence-electron chi connectivity index (χ3n) is 2.57. The lowest BCUT2D eigenvalue weighted by Crippen LogP contribution is -2.17. The zero-order chi connectivity index (χ0) is 15.6. The molecule has 0 heterocycles. The molecule has 0 N–H and O–H groups in total. The van der Waals surface area contributed by atoms with E-state index >= 15 is 0 Å². The van der Waals surface area contributed by atoms with Crippen LogP contribution in [0.4, 0.5) is 13.2 Å². The zero-order valence-electron chi connectivity index (χ0n) is 10.2. The molecular weight excluding hydrogens is 328 g/mol. The van der Waals surface area contributed by atoms with Gasteiger partial charge >= 0.3 is 12.1 Å². The Balaban J connectivity index is 2.36. The molecule has 0 fully saturated rings. The van der Waals surface area contributed by atoms with Gasteiger partial charge in [-0.05, 0) is 24.3 Å². The Bertz CT molecular complexity index is 684. The van der Waals surface area contributed by atoms with Gasteiger partial charge < -0.3 is 4.74 Å². The van der Waals surface area contributed by atoms with Gasteiger partial charge in [-0.3, -0.25) is 0 Å². The second kappa shape index (κ2) is 5.95. The lowest BCUT2D eigenvalue weighted by molar-refractivity contribution is -0.138. The highest BCUT2D eigenvalue weighted by Gasteiger charge is 2.35. The summed E-state index contributed by atoms with van der Waals surface area (Å²) in [4.78, 5) is 11.9. The zero-order valence-corrected chi connectivity index (χ0v) is 11.8. The van der Waals surface area contributed by atoms with Gasteiger partial charge in [-0.1, -0.05) is 41.4 Å². The Labute approximate surface area is 128 Å². The van der Waals surface area contributed by atoms with Crippen molar-refractivity contribution < 1.29 is 22.7 Å². The summed E-state index contributed by atoms with van der Waals surface area (Å²) in [6, 6.07) is 8.59. The van der Waals surface area contributed by atoms with Gasteiger partial charge in [0.2, 0.25) is 0 Å². The molecule has 2 aromatic carbocycles. The van der Waals surface area contributed by atoms with Crippen molar-refractivity contribution in [2.75, 3.05) is 0 Å². The monoisotopic (exact) mass is 334 g/mol. The quantitative estimate of drug-likeness (QED) is 0.555. The molecule has 7 heteroatoms. The molecule has 0 aliphatic carbocycles. The van der Waals surface area contributed by atoms with E-state index in [9.17, 15) is 18.0 Å². The van der Waals surface area contributed by atoms with Crippen molar-refractivity contribution in [2.24, 2.45) is 0 Å². The van der Waals surface area contributed by atoms with E-state index in [4.69, 9.17) is 27.9 Å². The summed E-state index contributed by atoms with van der Waals surface area (Å²) in [5, 5.41) is 0.0862. The van der Waals surface area contributed by atoms with Crippen LogP contribution in [0.2, 0.25) is 10.0 Å². The molecule has 0 saturated carbocycles. The maximum absolute atomic E-state index is 12.8. The minimum absolute atomic E-state index is 0.0444. The highest BCUT2D eigenvalue weighted by molar-refractivity contribution is 6.43. The van der Waals surface area contributed by atoms with E-state index in [1.54, 1.807) is 0 Å². The third kappa shape index (κ3) is 3.49. The fourth-order valence-electron chi connectivity index (χ4n) is 1.63. The molecule has 110 valence electrons. The maximum Gasteiger partial charge on any atom is 0.417 e. The summed E-state index contributed by atoms with van der Waals surface area (Å²) in [7, 11) is 0. The van der Waals surface area contributed by atoms with Crippen LogP contribution in [-0.4, -0.2) is 5.97 Å². The standard InChI is InChI=1S/C14H7Cl2F3O2/c15-10-6-3-7-11(12(10)16)21-13(20)8-4-1-2-5-9(8)14(17,18)19/h1-7H. The van der Waals surface area contributed by atoms with Gasteiger partial charge in [0.25, 0.3) is 0 Å². The number of carbonyl (C=O) groups is 1. The number of hydrogen-bond acceptors (Lipinski definition) is 2. The van der Waals surface area contributed by atoms with Crippen molar-refractivity contribution in [1.29, 1.82) is 0 Å². The average Bonchev–Trinajstić information content (AvgIpc) is 2.43. The second-order valence-electron chi connectivity index (χ2n) is 3.98. The Kier molecular flexibility index (Phi) is 4.44. The molecule has 21 heavy (non-hydrogen) atoms. The SMILES string of the molecule is O=C(Oc1cccc(Cl)c1Cl)c1ccccc1C(F)(F)F. The van der Waals surface area contributed by atoms with Crippen LogP contribution in [0.3, 0.4) is 0 Å². The van der Waals surface area contributed by atoms with Crippen LogP contribution in [0, 0.1) is 0 Å². The molecule has 0 bridgehead atoms. The highest BCUT2D eigenvalue weighted by Crippen LogP contribution is 2.34. The van der Waals surface area contributed by atoms with E-state index in [0.717, 1.165) is 12.1 Å². The first-order valence-corrected chi connectivity index (χ1v) is 6.38. The Morgan fingerprint density at radius 2 is 1.67 bits per heavy atom. The molecular formula is C14H7Cl2F3O2. The van der Waals surface area contributed by atoms with Gasteiger partial charge in [0.1, 0.15) is 5.02 Å². The van der Waals surface area contributed by atoms with Crippen LogP contribution in [0.5, 0.6) is 5.75 Å². The van der Waals surface area contributed by atoms with Crippen molar-refractivity contribution in [3.63, 3.8) is 0 Å². The first-order chi connectivity index (χ1) is 9.80. The number of esters is 1. The van der Waals surface area contributed by atoms with Crippen LogP contribution in [-0.2, 0) is 6.18 Å². The number of ether oxygens (including phenoxy) is 1. The van der Waals surface area contributed by atoms with Crippen molar-refractivity contribution in [1.82, 2.24) is 0 Å². The normalized spacial score (nSPS) is 11.3. The predicted molar refractivity (Wildman–Crippen MR) is 72.9 cm³/mol. The maximum atomic E-state index is 12.8. The van der Waals surface area contributed by atoms with Crippen molar-refractivity contribution in [3.8, 4) is 5.75 Å². The molecule has 0 aliphatic heterocycles.